The first-order valence-corrected chi connectivity index (χ1v) is 10.3. The highest BCUT2D eigenvalue weighted by Crippen LogP contribution is 2.58. The molecule has 0 amide bonds. The third kappa shape index (κ3) is 3.80. The van der Waals surface area contributed by atoms with Crippen molar-refractivity contribution in [3.8, 4) is 5.69 Å². The highest BCUT2D eigenvalue weighted by Gasteiger charge is 2.68. The average Bonchev–Trinajstić information content (AvgIpc) is 3.28. The standard InChI is InChI=1S/C20H20F3N7O2/c21-20(22,23)19(7-8-19)17-28-18(29-32-17)27-13-4-3-12(10-13)26-15-6-5-14(11-24-15)30-16(31)2-1-9-25-30/h1-2,5-6,9,11-13H,3-4,7-8,10H2,(H,24,26)(H,27,29)/t12-,13?/m0/s1. The molecule has 0 radical (unpaired) electrons. The number of nitrogens with zero attached hydrogens (tertiary/aromatic N) is 5. The Bertz CT molecular complexity index is 1150. The van der Waals surface area contributed by atoms with Gasteiger partial charge in [-0.25, -0.2) is 4.98 Å². The van der Waals surface area contributed by atoms with E-state index in [1.807, 2.05) is 0 Å². The Kier molecular flexibility index (Phi) is 4.86. The molecule has 2 aliphatic rings. The van der Waals surface area contributed by atoms with Crippen molar-refractivity contribution in [1.29, 1.82) is 0 Å². The van der Waals surface area contributed by atoms with Gasteiger partial charge in [-0.15, -0.1) is 0 Å². The molecule has 9 nitrogen and oxygen atoms in total. The molecule has 0 spiro atoms. The number of nitrogens with one attached hydrogen (secondary N) is 2. The van der Waals surface area contributed by atoms with Crippen LogP contribution in [0.4, 0.5) is 24.9 Å². The molecule has 2 aliphatic carbocycles. The van der Waals surface area contributed by atoms with Crippen LogP contribution < -0.4 is 16.2 Å². The summed E-state index contributed by atoms with van der Waals surface area (Å²) in [5.74, 6) is 0.381. The minimum Gasteiger partial charge on any atom is -0.367 e. The number of pyridine rings is 1. The zero-order valence-electron chi connectivity index (χ0n) is 16.8. The molecule has 3 aromatic rings. The minimum absolute atomic E-state index is 0.00496. The summed E-state index contributed by atoms with van der Waals surface area (Å²) in [6, 6.07) is 6.65. The maximum Gasteiger partial charge on any atom is 0.403 e. The van der Waals surface area contributed by atoms with Crippen LogP contribution in [-0.2, 0) is 5.41 Å². The number of alkyl halides is 3. The van der Waals surface area contributed by atoms with Crippen molar-refractivity contribution in [2.45, 2.75) is 55.8 Å². The zero-order valence-corrected chi connectivity index (χ0v) is 16.8. The van der Waals surface area contributed by atoms with Gasteiger partial charge in [0.15, 0.2) is 0 Å². The first-order chi connectivity index (χ1) is 15.3. The molecule has 0 saturated heterocycles. The van der Waals surface area contributed by atoms with Gasteiger partial charge in [0.1, 0.15) is 11.2 Å². The van der Waals surface area contributed by atoms with Gasteiger partial charge in [0, 0.05) is 24.3 Å². The lowest BCUT2D eigenvalue weighted by Crippen LogP contribution is -2.29. The highest BCUT2D eigenvalue weighted by molar-refractivity contribution is 5.41. The van der Waals surface area contributed by atoms with Gasteiger partial charge in [0.05, 0.1) is 11.9 Å². The quantitative estimate of drug-likeness (QED) is 0.593. The van der Waals surface area contributed by atoms with Crippen molar-refractivity contribution in [3.63, 3.8) is 0 Å². The summed E-state index contributed by atoms with van der Waals surface area (Å²) in [6.45, 7) is 0. The molecule has 32 heavy (non-hydrogen) atoms. The normalized spacial score (nSPS) is 22.0. The maximum absolute atomic E-state index is 13.2. The lowest BCUT2D eigenvalue weighted by Gasteiger charge is -2.15. The summed E-state index contributed by atoms with van der Waals surface area (Å²) in [6.07, 6.45) is 1.04. The Balaban J connectivity index is 1.17. The molecule has 3 heterocycles. The summed E-state index contributed by atoms with van der Waals surface area (Å²) < 4.78 is 45.8. The fraction of sp³-hybridized carbons (Fsp3) is 0.450. The first kappa shape index (κ1) is 20.5. The SMILES string of the molecule is O=c1cccnn1-c1ccc(N[C@H]2CCC(Nc3noc(C4(C(F)(F)F)CC4)n3)C2)nc1. The van der Waals surface area contributed by atoms with E-state index in [0.717, 1.165) is 19.3 Å². The summed E-state index contributed by atoms with van der Waals surface area (Å²) in [4.78, 5) is 20.2. The van der Waals surface area contributed by atoms with E-state index in [4.69, 9.17) is 4.52 Å². The van der Waals surface area contributed by atoms with E-state index in [9.17, 15) is 18.0 Å². The molecule has 0 aliphatic heterocycles. The first-order valence-electron chi connectivity index (χ1n) is 10.3. The molecule has 3 aromatic heterocycles. The van der Waals surface area contributed by atoms with Gasteiger partial charge < -0.3 is 15.2 Å². The average molecular weight is 447 g/mol. The van der Waals surface area contributed by atoms with Crippen molar-refractivity contribution < 1.29 is 17.7 Å². The van der Waals surface area contributed by atoms with Gasteiger partial charge in [-0.05, 0) is 55.5 Å². The van der Waals surface area contributed by atoms with Crippen molar-refractivity contribution in [3.05, 3.63) is 52.9 Å². The fourth-order valence-corrected chi connectivity index (χ4v) is 4.00. The third-order valence-corrected chi connectivity index (χ3v) is 5.95. The van der Waals surface area contributed by atoms with Gasteiger partial charge in [0.25, 0.3) is 11.5 Å². The zero-order chi connectivity index (χ0) is 22.3. The molecule has 1 unspecified atom stereocenters. The van der Waals surface area contributed by atoms with Crippen LogP contribution in [0.5, 0.6) is 0 Å². The Labute approximate surface area is 180 Å². The monoisotopic (exact) mass is 447 g/mol. The Morgan fingerprint density at radius 1 is 1.12 bits per heavy atom. The topological polar surface area (TPSA) is 111 Å². The molecule has 2 N–H and O–H groups in total. The van der Waals surface area contributed by atoms with Crippen molar-refractivity contribution in [2.24, 2.45) is 0 Å². The van der Waals surface area contributed by atoms with E-state index in [2.05, 4.69) is 30.9 Å². The van der Waals surface area contributed by atoms with Crippen LogP contribution in [0.2, 0.25) is 0 Å². The number of rotatable bonds is 6. The highest BCUT2D eigenvalue weighted by atomic mass is 19.4. The van der Waals surface area contributed by atoms with Crippen LogP contribution in [0.25, 0.3) is 5.69 Å². The lowest BCUT2D eigenvalue weighted by atomic mass is 10.1. The predicted octanol–water partition coefficient (Wildman–Crippen LogP) is 3.05. The second kappa shape index (κ2) is 7.61. The molecule has 2 fully saturated rings. The van der Waals surface area contributed by atoms with Crippen LogP contribution in [0.1, 0.15) is 38.0 Å². The van der Waals surface area contributed by atoms with Crippen molar-refractivity contribution >= 4 is 11.8 Å². The van der Waals surface area contributed by atoms with E-state index in [1.54, 1.807) is 24.4 Å². The van der Waals surface area contributed by atoms with Crippen LogP contribution in [-0.4, -0.2) is 43.2 Å². The Morgan fingerprint density at radius 3 is 2.56 bits per heavy atom. The largest absolute Gasteiger partial charge is 0.403 e. The van der Waals surface area contributed by atoms with Crippen LogP contribution in [0.15, 0.2) is 46.0 Å². The number of hydrogen-bond acceptors (Lipinski definition) is 8. The number of hydrogen-bond donors (Lipinski definition) is 2. The lowest BCUT2D eigenvalue weighted by molar-refractivity contribution is -0.166. The summed E-state index contributed by atoms with van der Waals surface area (Å²) in [5, 5.41) is 14.1. The maximum atomic E-state index is 13.2. The van der Waals surface area contributed by atoms with E-state index in [-0.39, 0.29) is 42.3 Å². The van der Waals surface area contributed by atoms with Crippen molar-refractivity contribution in [1.82, 2.24) is 24.9 Å². The Morgan fingerprint density at radius 2 is 1.91 bits per heavy atom. The van der Waals surface area contributed by atoms with Gasteiger partial charge in [-0.1, -0.05) is 0 Å². The van der Waals surface area contributed by atoms with Crippen LogP contribution in [0, 0.1) is 0 Å². The molecule has 12 heteroatoms. The molecule has 0 bridgehead atoms. The van der Waals surface area contributed by atoms with Crippen LogP contribution >= 0.6 is 0 Å². The molecule has 2 saturated carbocycles. The summed E-state index contributed by atoms with van der Waals surface area (Å²) in [7, 11) is 0. The van der Waals surface area contributed by atoms with Crippen molar-refractivity contribution in [2.75, 3.05) is 10.6 Å². The molecule has 0 aromatic carbocycles. The molecular weight excluding hydrogens is 427 g/mol. The molecular formula is C20H20F3N7O2. The van der Waals surface area contributed by atoms with Crippen LogP contribution in [0.3, 0.4) is 0 Å². The van der Waals surface area contributed by atoms with E-state index in [0.29, 0.717) is 11.5 Å². The molecule has 5 rings (SSSR count). The summed E-state index contributed by atoms with van der Waals surface area (Å²) >= 11 is 0. The smallest absolute Gasteiger partial charge is 0.367 e. The summed E-state index contributed by atoms with van der Waals surface area (Å²) in [5.41, 5.74) is -1.66. The molecule has 2 atom stereocenters. The van der Waals surface area contributed by atoms with Gasteiger partial charge >= 0.3 is 6.18 Å². The fourth-order valence-electron chi connectivity index (χ4n) is 4.00. The van der Waals surface area contributed by atoms with E-state index >= 15 is 0 Å². The Hall–Kier alpha value is -3.44. The van der Waals surface area contributed by atoms with Gasteiger partial charge in [0.2, 0.25) is 5.89 Å². The van der Waals surface area contributed by atoms with Gasteiger partial charge in [-0.2, -0.15) is 27.9 Å². The van der Waals surface area contributed by atoms with Gasteiger partial charge in [-0.3, -0.25) is 4.79 Å². The van der Waals surface area contributed by atoms with E-state index < -0.39 is 11.6 Å². The number of aromatic nitrogens is 5. The number of halogens is 3. The van der Waals surface area contributed by atoms with E-state index in [1.165, 1.54) is 16.9 Å². The third-order valence-electron chi connectivity index (χ3n) is 5.95. The minimum atomic E-state index is -4.38. The second-order valence-corrected chi connectivity index (χ2v) is 8.17. The predicted molar refractivity (Wildman–Crippen MR) is 108 cm³/mol. The second-order valence-electron chi connectivity index (χ2n) is 8.17. The number of anilines is 2. The molecule has 168 valence electrons.